The Morgan fingerprint density at radius 3 is 2.53 bits per heavy atom. The smallest absolute Gasteiger partial charge is 0.159 e. The normalized spacial score (nSPS) is 14.6. The number of halogens is 2. The Labute approximate surface area is 101 Å². The van der Waals surface area contributed by atoms with Gasteiger partial charge in [-0.2, -0.15) is 0 Å². The largest absolute Gasteiger partial charge is 0.385 e. The molecule has 0 spiro atoms. The van der Waals surface area contributed by atoms with Crippen LogP contribution >= 0.6 is 0 Å². The molecule has 1 rings (SSSR count). The molecule has 0 saturated heterocycles. The van der Waals surface area contributed by atoms with E-state index in [1.165, 1.54) is 6.07 Å². The molecule has 2 unspecified atom stereocenters. The van der Waals surface area contributed by atoms with Crippen LogP contribution in [-0.2, 0) is 4.74 Å². The van der Waals surface area contributed by atoms with Crippen LogP contribution in [0, 0.1) is 17.6 Å². The first-order valence-corrected chi connectivity index (χ1v) is 5.71. The van der Waals surface area contributed by atoms with Gasteiger partial charge in [0.25, 0.3) is 0 Å². The van der Waals surface area contributed by atoms with Gasteiger partial charge in [0.2, 0.25) is 0 Å². The fraction of sp³-hybridized carbons (Fsp3) is 0.538. The van der Waals surface area contributed by atoms with Crippen LogP contribution in [0.5, 0.6) is 0 Å². The van der Waals surface area contributed by atoms with Gasteiger partial charge in [-0.05, 0) is 37.1 Å². The third-order valence-electron chi connectivity index (χ3n) is 2.96. The summed E-state index contributed by atoms with van der Waals surface area (Å²) < 4.78 is 31.0. The predicted octanol–water partition coefficient (Wildman–Crippen LogP) is 2.90. The van der Waals surface area contributed by atoms with Gasteiger partial charge in [0.1, 0.15) is 0 Å². The van der Waals surface area contributed by atoms with Crippen molar-refractivity contribution in [2.24, 2.45) is 5.92 Å². The van der Waals surface area contributed by atoms with Crippen LogP contribution in [0.3, 0.4) is 0 Å². The number of hydrogen-bond acceptors (Lipinski definition) is 2. The van der Waals surface area contributed by atoms with Crippen molar-refractivity contribution in [3.63, 3.8) is 0 Å². The zero-order valence-corrected chi connectivity index (χ0v) is 10.5. The molecule has 2 atom stereocenters. The maximum Gasteiger partial charge on any atom is 0.159 e. The van der Waals surface area contributed by atoms with E-state index in [2.05, 4.69) is 12.2 Å². The fourth-order valence-corrected chi connectivity index (χ4v) is 1.96. The van der Waals surface area contributed by atoms with Crippen molar-refractivity contribution in [2.45, 2.75) is 19.4 Å². The third-order valence-corrected chi connectivity index (χ3v) is 2.96. The molecule has 0 radical (unpaired) electrons. The van der Waals surface area contributed by atoms with Crippen LogP contribution in [0.1, 0.15) is 24.9 Å². The standard InChI is InChI=1S/C13H19F2NO/c1-9(6-7-17-3)13(16-2)10-4-5-11(14)12(15)8-10/h4-5,8-9,13,16H,6-7H2,1-3H3. The van der Waals surface area contributed by atoms with Gasteiger partial charge in [0.15, 0.2) is 11.6 Å². The Morgan fingerprint density at radius 1 is 1.29 bits per heavy atom. The lowest BCUT2D eigenvalue weighted by Gasteiger charge is -2.24. The average Bonchev–Trinajstić information content (AvgIpc) is 2.32. The van der Waals surface area contributed by atoms with Crippen molar-refractivity contribution in [3.05, 3.63) is 35.4 Å². The fourth-order valence-electron chi connectivity index (χ4n) is 1.96. The van der Waals surface area contributed by atoms with E-state index in [0.717, 1.165) is 18.1 Å². The first kappa shape index (κ1) is 14.1. The minimum Gasteiger partial charge on any atom is -0.385 e. The number of methoxy groups -OCH3 is 1. The Morgan fingerprint density at radius 2 is 2.00 bits per heavy atom. The molecule has 1 aromatic rings. The molecule has 0 aliphatic carbocycles. The molecule has 2 nitrogen and oxygen atoms in total. The van der Waals surface area contributed by atoms with E-state index in [1.807, 2.05) is 7.05 Å². The van der Waals surface area contributed by atoms with Crippen molar-refractivity contribution >= 4 is 0 Å². The number of hydrogen-bond donors (Lipinski definition) is 1. The van der Waals surface area contributed by atoms with Gasteiger partial charge in [-0.15, -0.1) is 0 Å². The lowest BCUT2D eigenvalue weighted by molar-refractivity contribution is 0.171. The van der Waals surface area contributed by atoms with E-state index in [0.29, 0.717) is 6.61 Å². The van der Waals surface area contributed by atoms with Crippen LogP contribution in [0.2, 0.25) is 0 Å². The maximum absolute atomic E-state index is 13.2. The summed E-state index contributed by atoms with van der Waals surface area (Å²) in [5, 5.41) is 3.13. The maximum atomic E-state index is 13.2. The number of rotatable bonds is 6. The van der Waals surface area contributed by atoms with Gasteiger partial charge in [0.05, 0.1) is 0 Å². The molecule has 0 amide bonds. The van der Waals surface area contributed by atoms with Crippen molar-refractivity contribution in [1.29, 1.82) is 0 Å². The average molecular weight is 243 g/mol. The monoisotopic (exact) mass is 243 g/mol. The summed E-state index contributed by atoms with van der Waals surface area (Å²) >= 11 is 0. The highest BCUT2D eigenvalue weighted by atomic mass is 19.2. The molecule has 96 valence electrons. The highest BCUT2D eigenvalue weighted by molar-refractivity contribution is 5.21. The summed E-state index contributed by atoms with van der Waals surface area (Å²) in [7, 11) is 3.47. The van der Waals surface area contributed by atoms with Crippen molar-refractivity contribution in [3.8, 4) is 0 Å². The lowest BCUT2D eigenvalue weighted by Crippen LogP contribution is -2.24. The second-order valence-corrected chi connectivity index (χ2v) is 4.20. The molecule has 4 heteroatoms. The molecule has 0 fully saturated rings. The Hall–Kier alpha value is -1.00. The van der Waals surface area contributed by atoms with Crippen LogP contribution in [0.15, 0.2) is 18.2 Å². The zero-order chi connectivity index (χ0) is 12.8. The molecule has 0 heterocycles. The Balaban J connectivity index is 2.81. The minimum atomic E-state index is -0.812. The number of benzene rings is 1. The molecule has 17 heavy (non-hydrogen) atoms. The van der Waals surface area contributed by atoms with E-state index in [4.69, 9.17) is 4.74 Å². The molecule has 0 saturated carbocycles. The minimum absolute atomic E-state index is 0.000231. The Kier molecular flexibility index (Phi) is 5.51. The molecule has 0 bridgehead atoms. The van der Waals surface area contributed by atoms with Gasteiger partial charge in [-0.25, -0.2) is 8.78 Å². The molecular formula is C13H19F2NO. The van der Waals surface area contributed by atoms with Gasteiger partial charge >= 0.3 is 0 Å². The van der Waals surface area contributed by atoms with Crippen LogP contribution in [0.4, 0.5) is 8.78 Å². The van der Waals surface area contributed by atoms with E-state index in [9.17, 15) is 8.78 Å². The van der Waals surface area contributed by atoms with E-state index in [1.54, 1.807) is 13.2 Å². The summed E-state index contributed by atoms with van der Waals surface area (Å²) in [5.41, 5.74) is 0.759. The second kappa shape index (κ2) is 6.67. The summed E-state index contributed by atoms with van der Waals surface area (Å²) in [5.74, 6) is -1.33. The van der Waals surface area contributed by atoms with E-state index < -0.39 is 11.6 Å². The van der Waals surface area contributed by atoms with Crippen molar-refractivity contribution in [1.82, 2.24) is 5.32 Å². The molecular weight excluding hydrogens is 224 g/mol. The highest BCUT2D eigenvalue weighted by Gasteiger charge is 2.18. The molecule has 0 aromatic heterocycles. The number of nitrogens with one attached hydrogen (secondary N) is 1. The van der Waals surface area contributed by atoms with Crippen LogP contribution in [-0.4, -0.2) is 20.8 Å². The Bertz CT molecular complexity index is 357. The summed E-state index contributed by atoms with van der Waals surface area (Å²) in [6, 6.07) is 4.03. The lowest BCUT2D eigenvalue weighted by atomic mass is 9.92. The van der Waals surface area contributed by atoms with E-state index >= 15 is 0 Å². The SMILES string of the molecule is CNC(c1ccc(F)c(F)c1)C(C)CCOC. The van der Waals surface area contributed by atoms with Gasteiger partial charge in [-0.1, -0.05) is 13.0 Å². The van der Waals surface area contributed by atoms with Crippen LogP contribution in [0.25, 0.3) is 0 Å². The van der Waals surface area contributed by atoms with Gasteiger partial charge in [-0.3, -0.25) is 0 Å². The predicted molar refractivity (Wildman–Crippen MR) is 63.8 cm³/mol. The van der Waals surface area contributed by atoms with Crippen LogP contribution < -0.4 is 5.32 Å². The second-order valence-electron chi connectivity index (χ2n) is 4.20. The van der Waals surface area contributed by atoms with E-state index in [-0.39, 0.29) is 12.0 Å². The third kappa shape index (κ3) is 3.75. The topological polar surface area (TPSA) is 21.3 Å². The zero-order valence-electron chi connectivity index (χ0n) is 10.5. The molecule has 0 aliphatic rings. The van der Waals surface area contributed by atoms with Gasteiger partial charge < -0.3 is 10.1 Å². The van der Waals surface area contributed by atoms with Gasteiger partial charge in [0, 0.05) is 19.8 Å². The first-order valence-electron chi connectivity index (χ1n) is 5.71. The summed E-state index contributed by atoms with van der Waals surface area (Å²) in [4.78, 5) is 0. The quantitative estimate of drug-likeness (QED) is 0.829. The summed E-state index contributed by atoms with van der Waals surface area (Å²) in [6.45, 7) is 2.71. The number of ether oxygens (including phenoxy) is 1. The molecule has 0 aliphatic heterocycles. The molecule has 1 aromatic carbocycles. The van der Waals surface area contributed by atoms with Crippen molar-refractivity contribution in [2.75, 3.05) is 20.8 Å². The molecule has 1 N–H and O–H groups in total. The first-order chi connectivity index (χ1) is 8.10. The summed E-state index contributed by atoms with van der Waals surface area (Å²) in [6.07, 6.45) is 0.862. The highest BCUT2D eigenvalue weighted by Crippen LogP contribution is 2.25. The van der Waals surface area contributed by atoms with Crippen molar-refractivity contribution < 1.29 is 13.5 Å².